The number of rotatable bonds is 6. The third-order valence-corrected chi connectivity index (χ3v) is 4.79. The molecule has 36 heavy (non-hydrogen) atoms. The number of ether oxygens (including phenoxy) is 4. The molecule has 2 N–H and O–H groups in total. The van der Waals surface area contributed by atoms with Gasteiger partial charge in [0.15, 0.2) is 29.7 Å². The Balaban J connectivity index is 0.000000959. The summed E-state index contributed by atoms with van der Waals surface area (Å²) in [6.45, 7) is 5.31. The van der Waals surface area contributed by atoms with Gasteiger partial charge in [-0.1, -0.05) is 0 Å². The number of esters is 3. The summed E-state index contributed by atoms with van der Waals surface area (Å²) in [6.07, 6.45) is 13.4. The van der Waals surface area contributed by atoms with Crippen LogP contribution in [0.15, 0.2) is 5.10 Å². The number of thiocarbonyl (C=S) groups is 1. The van der Waals surface area contributed by atoms with Crippen LogP contribution >= 0.6 is 12.2 Å². The Morgan fingerprint density at radius 2 is 1.36 bits per heavy atom. The van der Waals surface area contributed by atoms with Crippen molar-refractivity contribution in [2.45, 2.75) is 52.2 Å². The summed E-state index contributed by atoms with van der Waals surface area (Å²) in [5.41, 5.74) is 3.39. The van der Waals surface area contributed by atoms with Gasteiger partial charge in [-0.25, -0.2) is 0 Å². The average Bonchev–Trinajstić information content (AvgIpc) is 3.52. The van der Waals surface area contributed by atoms with Crippen molar-refractivity contribution in [2.75, 3.05) is 6.61 Å². The molecule has 2 saturated carbocycles. The quantitative estimate of drug-likeness (QED) is 0.123. The minimum atomic E-state index is -1.12. The molecule has 3 fully saturated rings. The van der Waals surface area contributed by atoms with Crippen LogP contribution in [-0.2, 0) is 50.4 Å². The number of hydrogen-bond donors (Lipinski definition) is 2. The summed E-state index contributed by atoms with van der Waals surface area (Å²) in [5.74, 6) is -0.940. The van der Waals surface area contributed by atoms with E-state index in [4.69, 9.17) is 31.2 Å². The Bertz CT molecular complexity index is 765. The molecule has 12 heteroatoms. The molecule has 1 heterocycles. The summed E-state index contributed by atoms with van der Waals surface area (Å²) in [4.78, 5) is 34.6. The Labute approximate surface area is 229 Å². The summed E-state index contributed by atoms with van der Waals surface area (Å²) < 4.78 is 21.4. The van der Waals surface area contributed by atoms with Gasteiger partial charge in [0.05, 0.1) is 6.61 Å². The van der Waals surface area contributed by atoms with Crippen LogP contribution in [0.1, 0.15) is 27.7 Å². The van der Waals surface area contributed by atoms with Gasteiger partial charge in [-0.05, 0) is 76.9 Å². The number of nitrogens with zero attached hydrogens (tertiary/aromatic N) is 1. The van der Waals surface area contributed by atoms with Crippen molar-refractivity contribution >= 4 is 40.9 Å². The van der Waals surface area contributed by atoms with E-state index in [-0.39, 0.29) is 28.8 Å². The van der Waals surface area contributed by atoms with Crippen LogP contribution in [0.3, 0.4) is 0 Å². The molecule has 3 aliphatic rings. The van der Waals surface area contributed by atoms with Crippen molar-refractivity contribution in [2.24, 2.45) is 5.10 Å². The monoisotopic (exact) mass is 559 g/mol. The van der Waals surface area contributed by atoms with E-state index >= 15 is 0 Å². The standard InChI is InChI=1S/C19H24N3O7S.C5H5.Fe/c1-10(14-7-5-6-8-14)21-22-19(30)20-18-17(29-13(4)25)16(28-12(3)24)15(9-26-18)27-11(2)23;1-2-4-5-3-1;/h5-8,15-18H,9H2,1-4H3,(H2,20,22,30);1-5H;/q;;+2/b21-10+;;/t15-,16+,17-,18-;;/m1../s1. The van der Waals surface area contributed by atoms with Crippen LogP contribution in [0.2, 0.25) is 0 Å². The maximum absolute atomic E-state index is 11.6. The van der Waals surface area contributed by atoms with Gasteiger partial charge in [0.1, 0.15) is 0 Å². The van der Waals surface area contributed by atoms with Crippen LogP contribution in [0.25, 0.3) is 0 Å². The van der Waals surface area contributed by atoms with E-state index in [0.29, 0.717) is 5.71 Å². The first-order valence-corrected chi connectivity index (χ1v) is 11.2. The molecular weight excluding hydrogens is 530 g/mol. The van der Waals surface area contributed by atoms with Gasteiger partial charge in [0.2, 0.25) is 0 Å². The zero-order valence-corrected chi connectivity index (χ0v) is 22.2. The molecule has 1 saturated heterocycles. The molecular formula is C24H29FeN3O7S+2. The fraction of sp³-hybridized carbons (Fsp3) is 0.375. The molecule has 0 unspecified atom stereocenters. The predicted molar refractivity (Wildman–Crippen MR) is 130 cm³/mol. The summed E-state index contributed by atoms with van der Waals surface area (Å²) in [5, 5.41) is 7.11. The second-order valence-electron chi connectivity index (χ2n) is 7.47. The van der Waals surface area contributed by atoms with Crippen LogP contribution in [-0.4, -0.2) is 59.9 Å². The minimum absolute atomic E-state index is 0. The Morgan fingerprint density at radius 3 is 1.86 bits per heavy atom. The van der Waals surface area contributed by atoms with E-state index in [1.165, 1.54) is 20.8 Å². The van der Waals surface area contributed by atoms with Crippen molar-refractivity contribution < 1.29 is 50.4 Å². The normalized spacial score (nSPS) is 25.9. The van der Waals surface area contributed by atoms with Crippen molar-refractivity contribution in [1.29, 1.82) is 0 Å². The second kappa shape index (κ2) is 16.9. The van der Waals surface area contributed by atoms with Crippen LogP contribution in [0, 0.1) is 63.7 Å². The van der Waals surface area contributed by atoms with E-state index in [9.17, 15) is 14.4 Å². The van der Waals surface area contributed by atoms with E-state index < -0.39 is 42.4 Å². The topological polar surface area (TPSA) is 125 Å². The first kappa shape index (κ1) is 32.3. The van der Waals surface area contributed by atoms with Gasteiger partial charge in [-0.2, -0.15) is 5.10 Å². The number of carbonyl (C=O) groups excluding carboxylic acids is 3. The second-order valence-corrected chi connectivity index (χ2v) is 7.88. The predicted octanol–water partition coefficient (Wildman–Crippen LogP) is 1.40. The average molecular weight is 559 g/mol. The van der Waals surface area contributed by atoms with E-state index in [1.807, 2.05) is 64.7 Å². The Kier molecular flexibility index (Phi) is 15.1. The van der Waals surface area contributed by atoms with E-state index in [1.54, 1.807) is 0 Å². The third-order valence-electron chi connectivity index (χ3n) is 4.58. The molecule has 0 bridgehead atoms. The molecule has 3 rings (SSSR count). The Hall–Kier alpha value is -1.75. The first-order chi connectivity index (χ1) is 16.7. The summed E-state index contributed by atoms with van der Waals surface area (Å²) in [6, 6.07) is 0. The number of hydrazone groups is 1. The van der Waals surface area contributed by atoms with Gasteiger partial charge in [0.25, 0.3) is 0 Å². The third kappa shape index (κ3) is 11.5. The molecule has 4 atom stereocenters. The van der Waals surface area contributed by atoms with Crippen molar-refractivity contribution in [3.05, 3.63) is 63.7 Å². The minimum Gasteiger partial charge on any atom is -0.456 e. The molecule has 0 amide bonds. The number of nitrogens with one attached hydrogen (secondary N) is 2. The first-order valence-electron chi connectivity index (χ1n) is 10.8. The SMILES string of the molecule is CC(=O)O[C@@H]1[C@@H](OC(C)=O)[C@H](OC(C)=O)CO[C@H]1NC(=S)N/N=C(\C)[C]1[CH][CH][CH][CH]1.[CH]1[CH][CH][CH][CH]1.[Fe+2]. The van der Waals surface area contributed by atoms with Crippen molar-refractivity contribution in [3.63, 3.8) is 0 Å². The molecule has 2 aliphatic carbocycles. The fourth-order valence-corrected chi connectivity index (χ4v) is 3.32. The zero-order valence-electron chi connectivity index (χ0n) is 20.3. The largest absolute Gasteiger partial charge is 2.00 e. The van der Waals surface area contributed by atoms with E-state index in [2.05, 4.69) is 15.8 Å². The maximum atomic E-state index is 11.6. The van der Waals surface area contributed by atoms with Gasteiger partial charge < -0.3 is 24.3 Å². The summed E-state index contributed by atoms with van der Waals surface area (Å²) >= 11 is 5.23. The number of carbonyl (C=O) groups is 3. The molecule has 0 spiro atoms. The molecule has 10 radical (unpaired) electrons. The van der Waals surface area contributed by atoms with Crippen molar-refractivity contribution in [1.82, 2.24) is 10.7 Å². The molecule has 0 aromatic heterocycles. The van der Waals surface area contributed by atoms with Crippen LogP contribution in [0.5, 0.6) is 0 Å². The summed E-state index contributed by atoms with van der Waals surface area (Å²) in [7, 11) is 0. The van der Waals surface area contributed by atoms with Crippen molar-refractivity contribution in [3.8, 4) is 0 Å². The van der Waals surface area contributed by atoms with Crippen LogP contribution in [0.4, 0.5) is 0 Å². The number of hydrogen-bond acceptors (Lipinski definition) is 9. The zero-order chi connectivity index (χ0) is 25.8. The Morgan fingerprint density at radius 1 is 0.861 bits per heavy atom. The van der Waals surface area contributed by atoms with Crippen LogP contribution < -0.4 is 10.7 Å². The smallest absolute Gasteiger partial charge is 0.456 e. The molecule has 0 aromatic rings. The molecule has 1 aliphatic heterocycles. The maximum Gasteiger partial charge on any atom is 2.00 e. The van der Waals surface area contributed by atoms with Gasteiger partial charge >= 0.3 is 35.0 Å². The molecule has 10 nitrogen and oxygen atoms in total. The van der Waals surface area contributed by atoms with Gasteiger partial charge in [-0.3, -0.25) is 19.8 Å². The molecule has 0 aromatic carbocycles. The van der Waals surface area contributed by atoms with Gasteiger partial charge in [0, 0.05) is 32.4 Å². The van der Waals surface area contributed by atoms with E-state index in [0.717, 1.165) is 5.92 Å². The van der Waals surface area contributed by atoms with Gasteiger partial charge in [-0.15, -0.1) is 0 Å². The fourth-order valence-electron chi connectivity index (χ4n) is 3.16. The molecule has 194 valence electrons.